The van der Waals surface area contributed by atoms with E-state index >= 15 is 0 Å². The number of aryl methyl sites for hydroxylation is 1. The first-order chi connectivity index (χ1) is 12.9. The van der Waals surface area contributed by atoms with Crippen LogP contribution in [0.3, 0.4) is 0 Å². The van der Waals surface area contributed by atoms with Crippen molar-refractivity contribution in [2.45, 2.75) is 39.7 Å². The summed E-state index contributed by atoms with van der Waals surface area (Å²) in [5.41, 5.74) is 4.59. The second-order valence-electron chi connectivity index (χ2n) is 6.89. The molecule has 0 unspecified atom stereocenters. The van der Waals surface area contributed by atoms with Gasteiger partial charge in [-0.3, -0.25) is 4.79 Å². The molecule has 0 radical (unpaired) electrons. The van der Waals surface area contributed by atoms with Crippen molar-refractivity contribution in [3.63, 3.8) is 0 Å². The van der Waals surface area contributed by atoms with E-state index in [1.165, 1.54) is 5.56 Å². The molecule has 1 heterocycles. The van der Waals surface area contributed by atoms with Gasteiger partial charge in [-0.25, -0.2) is 8.42 Å². The SMILES string of the molecule is CCCS(=O)(=O)N1CCc2ccc(NC(=O)c3ccc(CC)cc3)cc2C1. The largest absolute Gasteiger partial charge is 0.322 e. The van der Waals surface area contributed by atoms with Crippen LogP contribution in [0.1, 0.15) is 47.3 Å². The predicted molar refractivity (Wildman–Crippen MR) is 108 cm³/mol. The van der Waals surface area contributed by atoms with E-state index in [1.807, 2.05) is 49.4 Å². The molecule has 0 bridgehead atoms. The van der Waals surface area contributed by atoms with Crippen LogP contribution in [0.25, 0.3) is 0 Å². The molecule has 144 valence electrons. The number of carbonyl (C=O) groups is 1. The molecule has 2 aromatic carbocycles. The third-order valence-electron chi connectivity index (χ3n) is 4.92. The highest BCUT2D eigenvalue weighted by molar-refractivity contribution is 7.89. The summed E-state index contributed by atoms with van der Waals surface area (Å²) in [6, 6.07) is 13.3. The summed E-state index contributed by atoms with van der Waals surface area (Å²) in [6.07, 6.45) is 2.24. The Bertz CT molecular complexity index is 921. The number of carbonyl (C=O) groups excluding carboxylic acids is 1. The number of hydrogen-bond donors (Lipinski definition) is 1. The highest BCUT2D eigenvalue weighted by atomic mass is 32.2. The van der Waals surface area contributed by atoms with Crippen LogP contribution in [0.4, 0.5) is 5.69 Å². The smallest absolute Gasteiger partial charge is 0.255 e. The van der Waals surface area contributed by atoms with Crippen LogP contribution in [-0.2, 0) is 29.4 Å². The number of rotatable bonds is 6. The molecule has 1 aliphatic heterocycles. The summed E-state index contributed by atoms with van der Waals surface area (Å²) in [7, 11) is -3.22. The maximum atomic E-state index is 12.5. The molecule has 3 rings (SSSR count). The Morgan fingerprint density at radius 2 is 1.81 bits per heavy atom. The van der Waals surface area contributed by atoms with E-state index in [1.54, 1.807) is 4.31 Å². The molecule has 0 atom stereocenters. The van der Waals surface area contributed by atoms with Crippen LogP contribution in [0.15, 0.2) is 42.5 Å². The van der Waals surface area contributed by atoms with E-state index in [4.69, 9.17) is 0 Å². The van der Waals surface area contributed by atoms with Crippen molar-refractivity contribution in [2.75, 3.05) is 17.6 Å². The zero-order valence-electron chi connectivity index (χ0n) is 15.9. The number of fused-ring (bicyclic) bond motifs is 1. The van der Waals surface area contributed by atoms with Crippen LogP contribution in [0.5, 0.6) is 0 Å². The number of amides is 1. The minimum Gasteiger partial charge on any atom is -0.322 e. The van der Waals surface area contributed by atoms with Gasteiger partial charge in [0.05, 0.1) is 5.75 Å². The summed E-state index contributed by atoms with van der Waals surface area (Å²) in [5, 5.41) is 2.92. The average molecular weight is 387 g/mol. The Kier molecular flexibility index (Phi) is 5.97. The lowest BCUT2D eigenvalue weighted by Crippen LogP contribution is -2.37. The maximum absolute atomic E-state index is 12.5. The molecule has 1 amide bonds. The minimum atomic E-state index is -3.22. The van der Waals surface area contributed by atoms with E-state index in [2.05, 4.69) is 12.2 Å². The van der Waals surface area contributed by atoms with Crippen molar-refractivity contribution >= 4 is 21.6 Å². The molecule has 0 spiro atoms. The van der Waals surface area contributed by atoms with Crippen molar-refractivity contribution in [1.29, 1.82) is 0 Å². The van der Waals surface area contributed by atoms with Crippen LogP contribution in [0, 0.1) is 0 Å². The molecule has 0 saturated heterocycles. The standard InChI is InChI=1S/C21H26N2O3S/c1-3-13-27(25,26)23-12-11-17-9-10-20(14-19(17)15-23)22-21(24)18-7-5-16(4-2)6-8-18/h5-10,14H,3-4,11-13,15H2,1-2H3,(H,22,24). The Balaban J connectivity index is 1.74. The number of benzene rings is 2. The van der Waals surface area contributed by atoms with E-state index in [-0.39, 0.29) is 11.7 Å². The van der Waals surface area contributed by atoms with Crippen LogP contribution in [0.2, 0.25) is 0 Å². The first-order valence-electron chi connectivity index (χ1n) is 9.43. The molecule has 1 aliphatic rings. The molecular weight excluding hydrogens is 360 g/mol. The summed E-state index contributed by atoms with van der Waals surface area (Å²) < 4.78 is 26.3. The molecule has 27 heavy (non-hydrogen) atoms. The molecule has 6 heteroatoms. The lowest BCUT2D eigenvalue weighted by Gasteiger charge is -2.28. The first-order valence-corrected chi connectivity index (χ1v) is 11.0. The van der Waals surface area contributed by atoms with Crippen LogP contribution in [-0.4, -0.2) is 30.9 Å². The van der Waals surface area contributed by atoms with Gasteiger partial charge in [-0.1, -0.05) is 32.0 Å². The van der Waals surface area contributed by atoms with Gasteiger partial charge in [0.25, 0.3) is 5.91 Å². The maximum Gasteiger partial charge on any atom is 0.255 e. The fourth-order valence-electron chi connectivity index (χ4n) is 3.33. The van der Waals surface area contributed by atoms with Crippen LogP contribution >= 0.6 is 0 Å². The molecule has 0 fully saturated rings. The minimum absolute atomic E-state index is 0.163. The summed E-state index contributed by atoms with van der Waals surface area (Å²) in [4.78, 5) is 12.5. The molecule has 1 N–H and O–H groups in total. The van der Waals surface area contributed by atoms with Crippen molar-refractivity contribution < 1.29 is 13.2 Å². The molecule has 2 aromatic rings. The van der Waals surface area contributed by atoms with Crippen molar-refractivity contribution in [3.05, 3.63) is 64.7 Å². The van der Waals surface area contributed by atoms with Crippen molar-refractivity contribution in [1.82, 2.24) is 4.31 Å². The van der Waals surface area contributed by atoms with E-state index < -0.39 is 10.0 Å². The van der Waals surface area contributed by atoms with Crippen LogP contribution < -0.4 is 5.32 Å². The lowest BCUT2D eigenvalue weighted by molar-refractivity contribution is 0.102. The van der Waals surface area contributed by atoms with Gasteiger partial charge in [0.15, 0.2) is 0 Å². The summed E-state index contributed by atoms with van der Waals surface area (Å²) in [6.45, 7) is 4.83. The fraction of sp³-hybridized carbons (Fsp3) is 0.381. The number of nitrogens with one attached hydrogen (secondary N) is 1. The van der Waals surface area contributed by atoms with Gasteiger partial charge in [-0.15, -0.1) is 0 Å². The Morgan fingerprint density at radius 1 is 1.07 bits per heavy atom. The van der Waals surface area contributed by atoms with Gasteiger partial charge in [0.2, 0.25) is 10.0 Å². The van der Waals surface area contributed by atoms with E-state index in [0.717, 1.165) is 17.5 Å². The summed E-state index contributed by atoms with van der Waals surface area (Å²) in [5.74, 6) is 0.0100. The van der Waals surface area contributed by atoms with Gasteiger partial charge < -0.3 is 5.32 Å². The predicted octanol–water partition coefficient (Wildman–Crippen LogP) is 3.60. The highest BCUT2D eigenvalue weighted by Crippen LogP contribution is 2.25. The van der Waals surface area contributed by atoms with Crippen molar-refractivity contribution in [2.24, 2.45) is 0 Å². The Labute approximate surface area is 161 Å². The zero-order valence-corrected chi connectivity index (χ0v) is 16.7. The van der Waals surface area contributed by atoms with Gasteiger partial charge in [0.1, 0.15) is 0 Å². The van der Waals surface area contributed by atoms with Gasteiger partial charge in [0, 0.05) is 24.3 Å². The van der Waals surface area contributed by atoms with Gasteiger partial charge in [-0.05, 0) is 60.2 Å². The highest BCUT2D eigenvalue weighted by Gasteiger charge is 2.26. The number of anilines is 1. The number of hydrogen-bond acceptors (Lipinski definition) is 3. The average Bonchev–Trinajstić information content (AvgIpc) is 2.67. The lowest BCUT2D eigenvalue weighted by atomic mass is 10.0. The number of sulfonamides is 1. The third-order valence-corrected chi connectivity index (χ3v) is 6.94. The molecule has 0 aromatic heterocycles. The Morgan fingerprint density at radius 3 is 2.48 bits per heavy atom. The van der Waals surface area contributed by atoms with Crippen molar-refractivity contribution in [3.8, 4) is 0 Å². The van der Waals surface area contributed by atoms with Gasteiger partial charge in [-0.2, -0.15) is 4.31 Å². The summed E-state index contributed by atoms with van der Waals surface area (Å²) >= 11 is 0. The monoisotopic (exact) mass is 386 g/mol. The molecule has 0 saturated carbocycles. The second kappa shape index (κ2) is 8.23. The number of nitrogens with zero attached hydrogens (tertiary/aromatic N) is 1. The fourth-order valence-corrected chi connectivity index (χ4v) is 4.81. The normalized spacial score (nSPS) is 14.6. The topological polar surface area (TPSA) is 66.5 Å². The third kappa shape index (κ3) is 4.57. The molecular formula is C21H26N2O3S. The Hall–Kier alpha value is -2.18. The van der Waals surface area contributed by atoms with Gasteiger partial charge >= 0.3 is 0 Å². The second-order valence-corrected chi connectivity index (χ2v) is 8.98. The van der Waals surface area contributed by atoms with E-state index in [9.17, 15) is 13.2 Å². The molecule has 0 aliphatic carbocycles. The first kappa shape index (κ1) is 19.6. The zero-order chi connectivity index (χ0) is 19.4. The van der Waals surface area contributed by atoms with E-state index in [0.29, 0.717) is 37.2 Å². The molecule has 5 nitrogen and oxygen atoms in total. The quantitative estimate of drug-likeness (QED) is 0.825.